The first kappa shape index (κ1) is 19.6. The van der Waals surface area contributed by atoms with E-state index in [9.17, 15) is 14.4 Å². The third-order valence-corrected chi connectivity index (χ3v) is 5.13. The van der Waals surface area contributed by atoms with Crippen molar-refractivity contribution in [2.24, 2.45) is 0 Å². The largest absolute Gasteiger partial charge is 0.355 e. The van der Waals surface area contributed by atoms with Crippen LogP contribution in [0, 0.1) is 0 Å². The number of nitrogens with one attached hydrogen (secondary N) is 2. The molecule has 0 bridgehead atoms. The Labute approximate surface area is 164 Å². The molecular weight excluding hydrogens is 354 g/mol. The highest BCUT2D eigenvalue weighted by molar-refractivity contribution is 6.09. The zero-order valence-electron chi connectivity index (χ0n) is 16.2. The molecule has 1 atom stereocenters. The van der Waals surface area contributed by atoms with E-state index in [0.717, 1.165) is 16.8 Å². The summed E-state index contributed by atoms with van der Waals surface area (Å²) in [6.45, 7) is 2.11. The minimum absolute atomic E-state index is 0.0577. The summed E-state index contributed by atoms with van der Waals surface area (Å²) in [7, 11) is 1.75. The van der Waals surface area contributed by atoms with Crippen molar-refractivity contribution in [3.8, 4) is 0 Å². The fourth-order valence-electron chi connectivity index (χ4n) is 3.84. The Bertz CT molecular complexity index is 882. The van der Waals surface area contributed by atoms with Gasteiger partial charge in [-0.2, -0.15) is 0 Å². The van der Waals surface area contributed by atoms with Gasteiger partial charge in [-0.25, -0.2) is 0 Å². The molecular formula is C22H25N3O3. The summed E-state index contributed by atoms with van der Waals surface area (Å²) in [5.41, 5.74) is 1.79. The fourth-order valence-corrected chi connectivity index (χ4v) is 3.84. The third-order valence-electron chi connectivity index (χ3n) is 5.13. The Morgan fingerprint density at radius 3 is 2.32 bits per heavy atom. The number of benzene rings is 2. The van der Waals surface area contributed by atoms with Crippen molar-refractivity contribution in [3.05, 3.63) is 65.7 Å². The van der Waals surface area contributed by atoms with E-state index in [2.05, 4.69) is 10.6 Å². The number of hydrogen-bond donors (Lipinski definition) is 2. The lowest BCUT2D eigenvalue weighted by Gasteiger charge is -2.28. The molecule has 28 heavy (non-hydrogen) atoms. The average Bonchev–Trinajstić information content (AvgIpc) is 2.88. The first-order valence-corrected chi connectivity index (χ1v) is 9.37. The van der Waals surface area contributed by atoms with Crippen molar-refractivity contribution in [3.63, 3.8) is 0 Å². The van der Waals surface area contributed by atoms with Crippen LogP contribution in [0.3, 0.4) is 0 Å². The highest BCUT2D eigenvalue weighted by atomic mass is 16.2. The number of carbonyl (C=O) groups is 3. The molecule has 1 aliphatic rings. The smallest absolute Gasteiger partial charge is 0.238 e. The summed E-state index contributed by atoms with van der Waals surface area (Å²) in [6.07, 6.45) is 0.509. The Morgan fingerprint density at radius 2 is 1.61 bits per heavy atom. The number of nitrogens with zero attached hydrogens (tertiary/aromatic N) is 1. The molecule has 0 unspecified atom stereocenters. The molecule has 0 fully saturated rings. The molecule has 2 aromatic rings. The molecule has 3 amide bonds. The van der Waals surface area contributed by atoms with Gasteiger partial charge in [0.15, 0.2) is 0 Å². The van der Waals surface area contributed by atoms with Crippen molar-refractivity contribution in [2.75, 3.05) is 25.0 Å². The van der Waals surface area contributed by atoms with Crippen molar-refractivity contribution in [2.45, 2.75) is 25.2 Å². The maximum atomic E-state index is 13.3. The van der Waals surface area contributed by atoms with Gasteiger partial charge >= 0.3 is 0 Å². The normalized spacial score (nSPS) is 17.9. The van der Waals surface area contributed by atoms with Gasteiger partial charge in [0.1, 0.15) is 0 Å². The van der Waals surface area contributed by atoms with Crippen LogP contribution in [0.15, 0.2) is 54.6 Å². The maximum Gasteiger partial charge on any atom is 0.238 e. The summed E-state index contributed by atoms with van der Waals surface area (Å²) in [6, 6.07) is 17.4. The van der Waals surface area contributed by atoms with Crippen LogP contribution in [0.1, 0.15) is 24.5 Å². The molecule has 6 nitrogen and oxygen atoms in total. The van der Waals surface area contributed by atoms with Crippen LogP contribution >= 0.6 is 0 Å². The number of likely N-dealkylation sites (N-methyl/N-ethyl adjacent to an activating group) is 1. The maximum absolute atomic E-state index is 13.3. The van der Waals surface area contributed by atoms with Crippen LogP contribution < -0.4 is 15.5 Å². The van der Waals surface area contributed by atoms with Gasteiger partial charge in [0.25, 0.3) is 0 Å². The van der Waals surface area contributed by atoms with Crippen molar-refractivity contribution in [1.82, 2.24) is 10.6 Å². The minimum atomic E-state index is -0.940. The van der Waals surface area contributed by atoms with Crippen LogP contribution in [-0.2, 0) is 26.2 Å². The van der Waals surface area contributed by atoms with Crippen LogP contribution in [-0.4, -0.2) is 37.9 Å². The zero-order valence-corrected chi connectivity index (χ0v) is 16.2. The number of para-hydroxylation sites is 1. The third kappa shape index (κ3) is 3.91. The molecule has 0 aliphatic carbocycles. The van der Waals surface area contributed by atoms with Gasteiger partial charge in [-0.05, 0) is 23.6 Å². The van der Waals surface area contributed by atoms with E-state index >= 15 is 0 Å². The van der Waals surface area contributed by atoms with E-state index in [1.54, 1.807) is 11.9 Å². The molecule has 0 spiro atoms. The van der Waals surface area contributed by atoms with Crippen LogP contribution in [0.5, 0.6) is 0 Å². The quantitative estimate of drug-likeness (QED) is 0.720. The van der Waals surface area contributed by atoms with Gasteiger partial charge in [0.2, 0.25) is 17.7 Å². The lowest BCUT2D eigenvalue weighted by Crippen LogP contribution is -2.45. The summed E-state index contributed by atoms with van der Waals surface area (Å²) in [5.74, 6) is -0.425. The Kier molecular flexibility index (Phi) is 5.78. The van der Waals surface area contributed by atoms with Gasteiger partial charge in [-0.3, -0.25) is 14.4 Å². The molecule has 0 saturated heterocycles. The number of fused-ring (bicyclic) bond motifs is 1. The Hall–Kier alpha value is -3.15. The zero-order chi connectivity index (χ0) is 20.1. The minimum Gasteiger partial charge on any atom is -0.355 e. The fraction of sp³-hybridized carbons (Fsp3) is 0.318. The summed E-state index contributed by atoms with van der Waals surface area (Å²) in [4.78, 5) is 38.6. The lowest BCUT2D eigenvalue weighted by molar-refractivity contribution is -0.129. The molecule has 2 aromatic carbocycles. The van der Waals surface area contributed by atoms with E-state index < -0.39 is 5.41 Å². The number of amides is 3. The summed E-state index contributed by atoms with van der Waals surface area (Å²) < 4.78 is 0. The molecule has 0 aromatic heterocycles. The number of rotatable bonds is 7. The second-order valence-corrected chi connectivity index (χ2v) is 7.14. The number of hydrogen-bond acceptors (Lipinski definition) is 3. The topological polar surface area (TPSA) is 78.5 Å². The average molecular weight is 379 g/mol. The monoisotopic (exact) mass is 379 g/mol. The van der Waals surface area contributed by atoms with Gasteiger partial charge in [0, 0.05) is 39.2 Å². The molecule has 3 rings (SSSR count). The van der Waals surface area contributed by atoms with Crippen LogP contribution in [0.25, 0.3) is 0 Å². The van der Waals surface area contributed by atoms with Crippen molar-refractivity contribution < 1.29 is 14.4 Å². The summed E-state index contributed by atoms with van der Waals surface area (Å²) in [5, 5.41) is 5.46. The molecule has 0 radical (unpaired) electrons. The van der Waals surface area contributed by atoms with Gasteiger partial charge in [-0.15, -0.1) is 0 Å². The van der Waals surface area contributed by atoms with Gasteiger partial charge < -0.3 is 15.5 Å². The van der Waals surface area contributed by atoms with Crippen LogP contribution in [0.2, 0.25) is 0 Å². The second-order valence-electron chi connectivity index (χ2n) is 7.14. The standard InChI is InChI=1S/C22H25N3O3/c1-16(26)23-12-13-24-20(27)15-22(14-17-8-4-3-5-9-17)18-10-6-7-11-19(18)25(2)21(22)28/h3-11H,12-15H2,1-2H3,(H,23,26)(H,24,27)/t22-/m0/s1. The van der Waals surface area contributed by atoms with Crippen molar-refractivity contribution in [1.29, 1.82) is 0 Å². The highest BCUT2D eigenvalue weighted by Crippen LogP contribution is 2.45. The van der Waals surface area contributed by atoms with E-state index in [4.69, 9.17) is 0 Å². The number of anilines is 1. The van der Waals surface area contributed by atoms with E-state index in [-0.39, 0.29) is 24.1 Å². The first-order chi connectivity index (χ1) is 13.4. The summed E-state index contributed by atoms with van der Waals surface area (Å²) >= 11 is 0. The molecule has 0 saturated carbocycles. The second kappa shape index (κ2) is 8.25. The van der Waals surface area contributed by atoms with Gasteiger partial charge in [0.05, 0.1) is 5.41 Å². The first-order valence-electron chi connectivity index (χ1n) is 9.37. The molecule has 1 heterocycles. The lowest BCUT2D eigenvalue weighted by atomic mass is 9.73. The van der Waals surface area contributed by atoms with Crippen molar-refractivity contribution >= 4 is 23.4 Å². The predicted octanol–water partition coefficient (Wildman–Crippen LogP) is 1.79. The Morgan fingerprint density at radius 1 is 0.964 bits per heavy atom. The van der Waals surface area contributed by atoms with E-state index in [1.165, 1.54) is 6.92 Å². The van der Waals surface area contributed by atoms with Crippen LogP contribution in [0.4, 0.5) is 5.69 Å². The molecule has 1 aliphatic heterocycles. The number of carbonyl (C=O) groups excluding carboxylic acids is 3. The van der Waals surface area contributed by atoms with E-state index in [0.29, 0.717) is 19.5 Å². The van der Waals surface area contributed by atoms with Gasteiger partial charge in [-0.1, -0.05) is 48.5 Å². The van der Waals surface area contributed by atoms with E-state index in [1.807, 2.05) is 54.6 Å². The highest BCUT2D eigenvalue weighted by Gasteiger charge is 2.50. The predicted molar refractivity (Wildman–Crippen MR) is 108 cm³/mol. The molecule has 2 N–H and O–H groups in total. The molecule has 146 valence electrons. The Balaban J connectivity index is 1.87. The molecule has 6 heteroatoms. The SMILES string of the molecule is CC(=O)NCCNC(=O)C[C@]1(Cc2ccccc2)C(=O)N(C)c2ccccc21.